The molecule has 0 aliphatic carbocycles. The average Bonchev–Trinajstić information content (AvgIpc) is 2.49. The molecular weight excluding hydrogens is 342 g/mol. The molecule has 1 amide bonds. The normalized spacial score (nSPS) is 11.5. The van der Waals surface area contributed by atoms with Crippen LogP contribution in [0.3, 0.4) is 0 Å². The standard InChI is InChI=1S/C14H22ClN3O4S/c1-18(2)8-4-7-16-14(19)10-17-23(20,21)11-5-6-13(22-3)12(15)9-11/h5-6,9,17H,4,7-8,10H2,1-3H3,(H,16,19). The second kappa shape index (κ2) is 9.07. The van der Waals surface area contributed by atoms with E-state index in [1.165, 1.54) is 25.3 Å². The Morgan fingerprint density at radius 3 is 2.61 bits per heavy atom. The number of rotatable bonds is 9. The van der Waals surface area contributed by atoms with E-state index < -0.39 is 10.0 Å². The van der Waals surface area contributed by atoms with E-state index in [1.54, 1.807) is 0 Å². The molecule has 0 spiro atoms. The minimum atomic E-state index is -3.81. The van der Waals surface area contributed by atoms with E-state index in [-0.39, 0.29) is 22.4 Å². The van der Waals surface area contributed by atoms with Crippen LogP contribution in [0.5, 0.6) is 5.75 Å². The lowest BCUT2D eigenvalue weighted by molar-refractivity contribution is -0.119. The molecule has 0 bridgehead atoms. The van der Waals surface area contributed by atoms with Gasteiger partial charge in [-0.05, 0) is 45.3 Å². The van der Waals surface area contributed by atoms with Gasteiger partial charge in [-0.25, -0.2) is 13.1 Å². The van der Waals surface area contributed by atoms with Crippen LogP contribution in [0, 0.1) is 0 Å². The number of carbonyl (C=O) groups is 1. The fraction of sp³-hybridized carbons (Fsp3) is 0.500. The zero-order valence-corrected chi connectivity index (χ0v) is 15.0. The number of sulfonamides is 1. The smallest absolute Gasteiger partial charge is 0.241 e. The summed E-state index contributed by atoms with van der Waals surface area (Å²) in [5, 5.41) is 2.84. The number of halogens is 1. The van der Waals surface area contributed by atoms with Gasteiger partial charge in [0.05, 0.1) is 23.6 Å². The number of methoxy groups -OCH3 is 1. The van der Waals surface area contributed by atoms with E-state index in [0.29, 0.717) is 12.3 Å². The van der Waals surface area contributed by atoms with Gasteiger partial charge in [-0.1, -0.05) is 11.6 Å². The van der Waals surface area contributed by atoms with Crippen LogP contribution in [-0.2, 0) is 14.8 Å². The third kappa shape index (κ3) is 6.74. The molecule has 0 radical (unpaired) electrons. The molecule has 0 aliphatic rings. The number of amides is 1. The quantitative estimate of drug-likeness (QED) is 0.630. The molecule has 0 aliphatic heterocycles. The molecule has 0 fully saturated rings. The summed E-state index contributed by atoms with van der Waals surface area (Å²) in [5.41, 5.74) is 0. The maximum Gasteiger partial charge on any atom is 0.241 e. The lowest BCUT2D eigenvalue weighted by Gasteiger charge is -2.11. The topological polar surface area (TPSA) is 87.7 Å². The third-order valence-electron chi connectivity index (χ3n) is 2.96. The van der Waals surface area contributed by atoms with Gasteiger partial charge in [-0.15, -0.1) is 0 Å². The highest BCUT2D eigenvalue weighted by atomic mass is 35.5. The van der Waals surface area contributed by atoms with Crippen LogP contribution < -0.4 is 14.8 Å². The Labute approximate surface area is 142 Å². The van der Waals surface area contributed by atoms with Crippen LogP contribution in [0.2, 0.25) is 5.02 Å². The largest absolute Gasteiger partial charge is 0.495 e. The van der Waals surface area contributed by atoms with Gasteiger partial charge in [0.1, 0.15) is 5.75 Å². The Morgan fingerprint density at radius 2 is 2.04 bits per heavy atom. The minimum absolute atomic E-state index is 0.0243. The van der Waals surface area contributed by atoms with Crippen LogP contribution >= 0.6 is 11.6 Å². The fourth-order valence-electron chi connectivity index (χ4n) is 1.74. The van der Waals surface area contributed by atoms with Gasteiger partial charge in [0.25, 0.3) is 0 Å². The molecule has 9 heteroatoms. The third-order valence-corrected chi connectivity index (χ3v) is 4.65. The Hall–Kier alpha value is -1.35. The van der Waals surface area contributed by atoms with E-state index in [0.717, 1.165) is 13.0 Å². The van der Waals surface area contributed by atoms with Crippen LogP contribution in [-0.4, -0.2) is 60.1 Å². The molecule has 0 unspecified atom stereocenters. The number of carbonyl (C=O) groups excluding carboxylic acids is 1. The van der Waals surface area contributed by atoms with Gasteiger partial charge < -0.3 is 15.0 Å². The second-order valence-corrected chi connectivity index (χ2v) is 7.30. The average molecular weight is 364 g/mol. The van der Waals surface area contributed by atoms with Crippen LogP contribution in [0.4, 0.5) is 0 Å². The molecule has 7 nitrogen and oxygen atoms in total. The fourth-order valence-corrected chi connectivity index (χ4v) is 3.07. The SMILES string of the molecule is COc1ccc(S(=O)(=O)NCC(=O)NCCCN(C)C)cc1Cl. The van der Waals surface area contributed by atoms with Crippen LogP contribution in [0.25, 0.3) is 0 Å². The van der Waals surface area contributed by atoms with Crippen molar-refractivity contribution in [1.29, 1.82) is 0 Å². The van der Waals surface area contributed by atoms with Crippen molar-refractivity contribution in [2.75, 3.05) is 40.8 Å². The molecule has 0 saturated heterocycles. The maximum absolute atomic E-state index is 12.1. The zero-order valence-electron chi connectivity index (χ0n) is 13.4. The van der Waals surface area contributed by atoms with Crippen LogP contribution in [0.15, 0.2) is 23.1 Å². The molecule has 2 N–H and O–H groups in total. The highest BCUT2D eigenvalue weighted by Crippen LogP contribution is 2.26. The summed E-state index contributed by atoms with van der Waals surface area (Å²) in [5.74, 6) is -0.00353. The molecule has 1 rings (SSSR count). The first-order valence-electron chi connectivity index (χ1n) is 7.01. The lowest BCUT2D eigenvalue weighted by Crippen LogP contribution is -2.37. The molecule has 0 heterocycles. The molecule has 0 saturated carbocycles. The maximum atomic E-state index is 12.1. The molecule has 0 atom stereocenters. The van der Waals surface area contributed by atoms with Crippen molar-refractivity contribution in [3.05, 3.63) is 23.2 Å². The first-order valence-corrected chi connectivity index (χ1v) is 8.87. The minimum Gasteiger partial charge on any atom is -0.495 e. The van der Waals surface area contributed by atoms with Gasteiger partial charge in [0.15, 0.2) is 0 Å². The Balaban J connectivity index is 2.52. The van der Waals surface area contributed by atoms with Gasteiger partial charge in [-0.2, -0.15) is 0 Å². The van der Waals surface area contributed by atoms with Crippen molar-refractivity contribution in [2.45, 2.75) is 11.3 Å². The number of ether oxygens (including phenoxy) is 1. The first kappa shape index (κ1) is 19.7. The van der Waals surface area contributed by atoms with Crippen molar-refractivity contribution in [3.63, 3.8) is 0 Å². The molecular formula is C14H22ClN3O4S. The Kier molecular flexibility index (Phi) is 7.77. The number of hydrogen-bond donors (Lipinski definition) is 2. The van der Waals surface area contributed by atoms with E-state index in [1.807, 2.05) is 19.0 Å². The summed E-state index contributed by atoms with van der Waals surface area (Å²) in [6, 6.07) is 4.10. The number of benzene rings is 1. The van der Waals surface area contributed by atoms with Crippen molar-refractivity contribution in [2.24, 2.45) is 0 Å². The monoisotopic (exact) mass is 363 g/mol. The second-order valence-electron chi connectivity index (χ2n) is 5.13. The van der Waals surface area contributed by atoms with E-state index in [2.05, 4.69) is 10.0 Å². The first-order chi connectivity index (χ1) is 10.8. The van der Waals surface area contributed by atoms with Crippen molar-refractivity contribution >= 4 is 27.5 Å². The summed E-state index contributed by atoms with van der Waals surface area (Å²) >= 11 is 5.91. The summed E-state index contributed by atoms with van der Waals surface area (Å²) in [7, 11) is 1.51. The predicted molar refractivity (Wildman–Crippen MR) is 89.4 cm³/mol. The predicted octanol–water partition coefficient (Wildman–Crippen LogP) is 0.695. The lowest BCUT2D eigenvalue weighted by atomic mass is 10.3. The molecule has 0 aromatic heterocycles. The van der Waals surface area contributed by atoms with Gasteiger partial charge in [0, 0.05) is 6.54 Å². The highest BCUT2D eigenvalue weighted by Gasteiger charge is 2.17. The van der Waals surface area contributed by atoms with Gasteiger partial charge >= 0.3 is 0 Å². The number of hydrogen-bond acceptors (Lipinski definition) is 5. The Morgan fingerprint density at radius 1 is 1.35 bits per heavy atom. The number of nitrogens with zero attached hydrogens (tertiary/aromatic N) is 1. The van der Waals surface area contributed by atoms with Gasteiger partial charge in [0.2, 0.25) is 15.9 Å². The summed E-state index contributed by atoms with van der Waals surface area (Å²) < 4.78 is 31.4. The summed E-state index contributed by atoms with van der Waals surface area (Å²) in [6.45, 7) is 1.01. The van der Waals surface area contributed by atoms with Gasteiger partial charge in [-0.3, -0.25) is 4.79 Å². The highest BCUT2D eigenvalue weighted by molar-refractivity contribution is 7.89. The van der Waals surface area contributed by atoms with Crippen molar-refractivity contribution in [1.82, 2.24) is 14.9 Å². The summed E-state index contributed by atoms with van der Waals surface area (Å²) in [4.78, 5) is 13.6. The van der Waals surface area contributed by atoms with E-state index in [4.69, 9.17) is 16.3 Å². The van der Waals surface area contributed by atoms with E-state index >= 15 is 0 Å². The van der Waals surface area contributed by atoms with Crippen molar-refractivity contribution < 1.29 is 17.9 Å². The van der Waals surface area contributed by atoms with Crippen LogP contribution in [0.1, 0.15) is 6.42 Å². The number of nitrogens with one attached hydrogen (secondary N) is 2. The summed E-state index contributed by atoms with van der Waals surface area (Å²) in [6.07, 6.45) is 0.791. The molecule has 130 valence electrons. The Bertz CT molecular complexity index is 635. The molecule has 23 heavy (non-hydrogen) atoms. The molecule has 1 aromatic carbocycles. The van der Waals surface area contributed by atoms with E-state index in [9.17, 15) is 13.2 Å². The van der Waals surface area contributed by atoms with Crippen molar-refractivity contribution in [3.8, 4) is 5.75 Å². The zero-order chi connectivity index (χ0) is 17.5. The molecule has 1 aromatic rings.